The number of halogens is 1. The fourth-order valence-corrected chi connectivity index (χ4v) is 1.04. The number of anilines is 1. The number of nitrogen functional groups attached to an aromatic ring is 1. The molecule has 2 N–H and O–H groups in total. The third-order valence-corrected chi connectivity index (χ3v) is 1.78. The monoisotopic (exact) mass is 187 g/mol. The van der Waals surface area contributed by atoms with E-state index in [-0.39, 0.29) is 5.82 Å². The predicted octanol–water partition coefficient (Wildman–Crippen LogP) is 0.720. The van der Waals surface area contributed by atoms with E-state index < -0.39 is 5.82 Å². The van der Waals surface area contributed by atoms with Crippen molar-refractivity contribution in [3.63, 3.8) is 0 Å². The minimum absolute atomic E-state index is 0.0755. The first kappa shape index (κ1) is 9.98. The molecule has 1 rings (SSSR count). The normalized spacial score (nSPS) is 10.7. The second-order valence-corrected chi connectivity index (χ2v) is 2.72. The third kappa shape index (κ3) is 2.18. The maximum absolute atomic E-state index is 13.2. The molecule has 0 atom stereocenters. The molecule has 0 spiro atoms. The Labute approximate surface area is 76.5 Å². The summed E-state index contributed by atoms with van der Waals surface area (Å²) < 4.78 is 19.6. The first-order chi connectivity index (χ1) is 6.16. The van der Waals surface area contributed by atoms with Gasteiger partial charge in [0.25, 0.3) is 0 Å². The Morgan fingerprint density at radius 3 is 2.77 bits per heavy atom. The van der Waals surface area contributed by atoms with Crippen LogP contribution in [0.5, 0.6) is 0 Å². The molecule has 0 aliphatic heterocycles. The minimum Gasteiger partial charge on any atom is -0.381 e. The molecule has 1 aromatic rings. The van der Waals surface area contributed by atoms with Gasteiger partial charge in [0, 0.05) is 20.1 Å². The molecule has 0 unspecified atom stereocenters. The number of nitrogens with two attached hydrogens (primary N) is 1. The minimum atomic E-state index is -0.429. The summed E-state index contributed by atoms with van der Waals surface area (Å²) in [5.41, 5.74) is 5.76. The zero-order chi connectivity index (χ0) is 9.84. The zero-order valence-corrected chi connectivity index (χ0v) is 7.88. The third-order valence-electron chi connectivity index (χ3n) is 1.78. The summed E-state index contributed by atoms with van der Waals surface area (Å²) in [6, 6.07) is 0. The first-order valence-corrected chi connectivity index (χ1v) is 4.21. The lowest BCUT2D eigenvalue weighted by molar-refractivity contribution is 0.149. The van der Waals surface area contributed by atoms with Crippen molar-refractivity contribution in [1.82, 2.24) is 9.78 Å². The van der Waals surface area contributed by atoms with Crippen LogP contribution in [0.4, 0.5) is 10.2 Å². The second kappa shape index (κ2) is 4.23. The van der Waals surface area contributed by atoms with Crippen molar-refractivity contribution in [2.75, 3.05) is 18.9 Å². The number of aromatic nitrogens is 2. The highest BCUT2D eigenvalue weighted by molar-refractivity contribution is 5.33. The molecule has 0 aliphatic carbocycles. The van der Waals surface area contributed by atoms with E-state index in [1.807, 2.05) is 6.92 Å². The van der Waals surface area contributed by atoms with E-state index in [0.717, 1.165) is 0 Å². The topological polar surface area (TPSA) is 53.1 Å². The highest BCUT2D eigenvalue weighted by Crippen LogP contribution is 2.13. The molecule has 1 heterocycles. The highest BCUT2D eigenvalue weighted by Gasteiger charge is 2.12. The molecule has 5 heteroatoms. The molecule has 74 valence electrons. The van der Waals surface area contributed by atoms with Gasteiger partial charge in [-0.05, 0) is 6.92 Å². The van der Waals surface area contributed by atoms with Crippen LogP contribution in [0.15, 0.2) is 0 Å². The van der Waals surface area contributed by atoms with Gasteiger partial charge >= 0.3 is 0 Å². The van der Waals surface area contributed by atoms with Crippen LogP contribution in [0.3, 0.4) is 0 Å². The number of aryl methyl sites for hydroxylation is 1. The molecule has 0 radical (unpaired) electrons. The maximum Gasteiger partial charge on any atom is 0.188 e. The van der Waals surface area contributed by atoms with Crippen LogP contribution >= 0.6 is 0 Å². The molecule has 0 fully saturated rings. The van der Waals surface area contributed by atoms with Gasteiger partial charge in [-0.2, -0.15) is 5.10 Å². The Balaban J connectivity index is 2.61. The smallest absolute Gasteiger partial charge is 0.188 e. The average molecular weight is 187 g/mol. The van der Waals surface area contributed by atoms with Crippen molar-refractivity contribution in [1.29, 1.82) is 0 Å². The number of hydrogen-bond donors (Lipinski definition) is 1. The fraction of sp³-hybridized carbons (Fsp3) is 0.625. The average Bonchev–Trinajstić information content (AvgIpc) is 2.34. The van der Waals surface area contributed by atoms with Gasteiger partial charge in [0.2, 0.25) is 0 Å². The summed E-state index contributed by atoms with van der Waals surface area (Å²) in [6.45, 7) is 3.00. The van der Waals surface area contributed by atoms with Gasteiger partial charge in [-0.25, -0.2) is 4.39 Å². The Morgan fingerprint density at radius 1 is 1.62 bits per heavy atom. The lowest BCUT2D eigenvalue weighted by Crippen LogP contribution is -2.00. The summed E-state index contributed by atoms with van der Waals surface area (Å²) in [4.78, 5) is 0. The van der Waals surface area contributed by atoms with Gasteiger partial charge < -0.3 is 10.5 Å². The Hall–Kier alpha value is -1.10. The van der Waals surface area contributed by atoms with Crippen molar-refractivity contribution in [2.24, 2.45) is 7.05 Å². The molecule has 0 saturated carbocycles. The summed E-state index contributed by atoms with van der Waals surface area (Å²) in [6.07, 6.45) is 0.463. The molecule has 0 aromatic carbocycles. The Bertz CT molecular complexity index is 285. The summed E-state index contributed by atoms with van der Waals surface area (Å²) in [5.74, 6) is -0.353. The molecular weight excluding hydrogens is 173 g/mol. The van der Waals surface area contributed by atoms with Crippen molar-refractivity contribution in [2.45, 2.75) is 13.3 Å². The molecule has 13 heavy (non-hydrogen) atoms. The predicted molar refractivity (Wildman–Crippen MR) is 47.8 cm³/mol. The number of hydrogen-bond acceptors (Lipinski definition) is 3. The molecular formula is C8H14FN3O. The number of nitrogens with zero attached hydrogens (tertiary/aromatic N) is 2. The van der Waals surface area contributed by atoms with Crippen LogP contribution in [0.2, 0.25) is 0 Å². The quantitative estimate of drug-likeness (QED) is 0.707. The van der Waals surface area contributed by atoms with Gasteiger partial charge in [-0.3, -0.25) is 4.68 Å². The Kier molecular flexibility index (Phi) is 3.25. The van der Waals surface area contributed by atoms with Crippen LogP contribution in [-0.2, 0) is 18.2 Å². The number of rotatable bonds is 4. The van der Waals surface area contributed by atoms with Crippen LogP contribution in [0, 0.1) is 5.82 Å². The van der Waals surface area contributed by atoms with E-state index in [9.17, 15) is 4.39 Å². The van der Waals surface area contributed by atoms with E-state index in [0.29, 0.717) is 25.3 Å². The molecule has 0 amide bonds. The Morgan fingerprint density at radius 2 is 2.31 bits per heavy atom. The van der Waals surface area contributed by atoms with Crippen LogP contribution in [0.1, 0.15) is 12.6 Å². The van der Waals surface area contributed by atoms with Crippen LogP contribution in [0.25, 0.3) is 0 Å². The van der Waals surface area contributed by atoms with E-state index >= 15 is 0 Å². The number of ether oxygens (including phenoxy) is 1. The maximum atomic E-state index is 13.2. The van der Waals surface area contributed by atoms with Gasteiger partial charge in [0.15, 0.2) is 11.6 Å². The van der Waals surface area contributed by atoms with Crippen molar-refractivity contribution in [3.8, 4) is 0 Å². The second-order valence-electron chi connectivity index (χ2n) is 2.72. The summed E-state index contributed by atoms with van der Waals surface area (Å²) in [5, 5.41) is 3.92. The van der Waals surface area contributed by atoms with Crippen molar-refractivity contribution in [3.05, 3.63) is 11.5 Å². The molecule has 0 aliphatic rings. The van der Waals surface area contributed by atoms with E-state index in [4.69, 9.17) is 10.5 Å². The zero-order valence-electron chi connectivity index (χ0n) is 7.88. The SMILES string of the molecule is CCOCCc1nn(C)c(N)c1F. The van der Waals surface area contributed by atoms with Crippen LogP contribution in [-0.4, -0.2) is 23.0 Å². The van der Waals surface area contributed by atoms with Crippen LogP contribution < -0.4 is 5.73 Å². The largest absolute Gasteiger partial charge is 0.381 e. The van der Waals surface area contributed by atoms with E-state index in [1.165, 1.54) is 4.68 Å². The van der Waals surface area contributed by atoms with Crippen molar-refractivity contribution >= 4 is 5.82 Å². The highest BCUT2D eigenvalue weighted by atomic mass is 19.1. The van der Waals surface area contributed by atoms with E-state index in [2.05, 4.69) is 5.10 Å². The summed E-state index contributed by atoms with van der Waals surface area (Å²) >= 11 is 0. The molecule has 0 saturated heterocycles. The fourth-order valence-electron chi connectivity index (χ4n) is 1.04. The molecule has 1 aromatic heterocycles. The summed E-state index contributed by atoms with van der Waals surface area (Å²) in [7, 11) is 1.61. The molecule has 0 bridgehead atoms. The first-order valence-electron chi connectivity index (χ1n) is 4.21. The van der Waals surface area contributed by atoms with Crippen molar-refractivity contribution < 1.29 is 9.13 Å². The lowest BCUT2D eigenvalue weighted by Gasteiger charge is -1.97. The van der Waals surface area contributed by atoms with Gasteiger partial charge in [0.05, 0.1) is 6.61 Å². The molecule has 4 nitrogen and oxygen atoms in total. The lowest BCUT2D eigenvalue weighted by atomic mass is 10.3. The van der Waals surface area contributed by atoms with Gasteiger partial charge in [0.1, 0.15) is 5.69 Å². The van der Waals surface area contributed by atoms with E-state index in [1.54, 1.807) is 7.05 Å². The van der Waals surface area contributed by atoms with Gasteiger partial charge in [-0.15, -0.1) is 0 Å². The van der Waals surface area contributed by atoms with Gasteiger partial charge in [-0.1, -0.05) is 0 Å². The standard InChI is InChI=1S/C8H14FN3O/c1-3-13-5-4-6-7(9)8(10)12(2)11-6/h3-5,10H2,1-2H3.